The second kappa shape index (κ2) is 9.24. The summed E-state index contributed by atoms with van der Waals surface area (Å²) in [5.41, 5.74) is 1.67. The Morgan fingerprint density at radius 1 is 1.31 bits per heavy atom. The highest BCUT2D eigenvalue weighted by atomic mass is 32.2. The fraction of sp³-hybridized carbons (Fsp3) is 0.316. The van der Waals surface area contributed by atoms with Gasteiger partial charge in [-0.25, -0.2) is 13.4 Å². The highest BCUT2D eigenvalue weighted by Crippen LogP contribution is 2.17. The van der Waals surface area contributed by atoms with Crippen molar-refractivity contribution in [1.29, 1.82) is 0 Å². The number of furan rings is 1. The molecule has 0 fully saturated rings. The summed E-state index contributed by atoms with van der Waals surface area (Å²) < 4.78 is 28.7. The van der Waals surface area contributed by atoms with Crippen LogP contribution in [0, 0.1) is 6.92 Å². The third-order valence-corrected chi connectivity index (χ3v) is 4.97. The smallest absolute Gasteiger partial charge is 0.191 e. The minimum Gasteiger partial charge on any atom is -0.469 e. The molecule has 2 rings (SSSR count). The van der Waals surface area contributed by atoms with Gasteiger partial charge in [0.15, 0.2) is 15.8 Å². The molecule has 6 nitrogen and oxygen atoms in total. The highest BCUT2D eigenvalue weighted by Gasteiger charge is 2.10. The Balaban J connectivity index is 2.01. The van der Waals surface area contributed by atoms with Crippen LogP contribution in [0.5, 0.6) is 0 Å². The van der Waals surface area contributed by atoms with E-state index in [1.807, 2.05) is 18.2 Å². The van der Waals surface area contributed by atoms with Crippen LogP contribution in [0.3, 0.4) is 0 Å². The SMILES string of the molecule is C=CCNC(=NCc1ccc(S(C)(=O)=O)c(C)c1)NCCc1ccco1. The zero-order valence-corrected chi connectivity index (χ0v) is 16.0. The molecule has 0 unspecified atom stereocenters. The van der Waals surface area contributed by atoms with Crippen molar-refractivity contribution >= 4 is 15.8 Å². The molecule has 0 saturated carbocycles. The standard InChI is InChI=1S/C19H25N3O3S/c1-4-10-20-19(21-11-9-17-6-5-12-25-17)22-14-16-7-8-18(15(2)13-16)26(3,23)24/h4-8,12-13H,1,9-11,14H2,2-3H3,(H2,20,21,22). The number of rotatable bonds is 8. The van der Waals surface area contributed by atoms with Crippen LogP contribution in [-0.4, -0.2) is 33.7 Å². The first-order valence-electron chi connectivity index (χ1n) is 8.35. The minimum atomic E-state index is -3.21. The zero-order chi connectivity index (χ0) is 19.0. The van der Waals surface area contributed by atoms with Crippen LogP contribution >= 0.6 is 0 Å². The van der Waals surface area contributed by atoms with Crippen molar-refractivity contribution < 1.29 is 12.8 Å². The van der Waals surface area contributed by atoms with E-state index in [2.05, 4.69) is 22.2 Å². The molecule has 0 bridgehead atoms. The largest absolute Gasteiger partial charge is 0.469 e. The van der Waals surface area contributed by atoms with Crippen LogP contribution in [0.25, 0.3) is 0 Å². The van der Waals surface area contributed by atoms with E-state index in [0.29, 0.717) is 30.5 Å². The molecule has 140 valence electrons. The molecule has 0 radical (unpaired) electrons. The molecule has 0 aliphatic heterocycles. The third kappa shape index (κ3) is 6.07. The van der Waals surface area contributed by atoms with Crippen LogP contribution in [0.1, 0.15) is 16.9 Å². The van der Waals surface area contributed by atoms with E-state index in [4.69, 9.17) is 4.42 Å². The quantitative estimate of drug-likeness (QED) is 0.421. The van der Waals surface area contributed by atoms with Gasteiger partial charge in [0.05, 0.1) is 17.7 Å². The Kier molecular flexibility index (Phi) is 7.03. The lowest BCUT2D eigenvalue weighted by Gasteiger charge is -2.11. The number of guanidine groups is 1. The summed E-state index contributed by atoms with van der Waals surface area (Å²) in [6.45, 7) is 7.21. The van der Waals surface area contributed by atoms with Gasteiger partial charge in [0, 0.05) is 25.8 Å². The van der Waals surface area contributed by atoms with E-state index in [9.17, 15) is 8.42 Å². The number of hydrogen-bond donors (Lipinski definition) is 2. The Morgan fingerprint density at radius 3 is 2.73 bits per heavy atom. The van der Waals surface area contributed by atoms with Crippen molar-refractivity contribution in [2.24, 2.45) is 4.99 Å². The Labute approximate surface area is 154 Å². The molecule has 0 atom stereocenters. The molecule has 1 aromatic heterocycles. The van der Waals surface area contributed by atoms with Gasteiger partial charge in [0.1, 0.15) is 5.76 Å². The molecular formula is C19H25N3O3S. The first kappa shape index (κ1) is 19.8. The van der Waals surface area contributed by atoms with E-state index < -0.39 is 9.84 Å². The fourth-order valence-corrected chi connectivity index (χ4v) is 3.46. The monoisotopic (exact) mass is 375 g/mol. The number of nitrogens with zero attached hydrogens (tertiary/aromatic N) is 1. The second-order valence-corrected chi connectivity index (χ2v) is 7.95. The normalized spacial score (nSPS) is 12.0. The van der Waals surface area contributed by atoms with Gasteiger partial charge in [-0.1, -0.05) is 18.2 Å². The summed E-state index contributed by atoms with van der Waals surface area (Å²) in [5.74, 6) is 1.58. The molecule has 2 aromatic rings. The van der Waals surface area contributed by atoms with Gasteiger partial charge in [0.2, 0.25) is 0 Å². The molecule has 2 N–H and O–H groups in total. The van der Waals surface area contributed by atoms with Gasteiger partial charge in [-0.15, -0.1) is 6.58 Å². The maximum Gasteiger partial charge on any atom is 0.191 e. The van der Waals surface area contributed by atoms with Gasteiger partial charge in [-0.3, -0.25) is 0 Å². The first-order chi connectivity index (χ1) is 12.4. The lowest BCUT2D eigenvalue weighted by atomic mass is 10.1. The predicted molar refractivity (Wildman–Crippen MR) is 104 cm³/mol. The van der Waals surface area contributed by atoms with Crippen LogP contribution in [0.2, 0.25) is 0 Å². The van der Waals surface area contributed by atoms with Gasteiger partial charge < -0.3 is 15.1 Å². The maximum absolute atomic E-state index is 11.7. The van der Waals surface area contributed by atoms with Crippen molar-refractivity contribution in [2.75, 3.05) is 19.3 Å². The van der Waals surface area contributed by atoms with E-state index in [1.54, 1.807) is 31.4 Å². The lowest BCUT2D eigenvalue weighted by molar-refractivity contribution is 0.507. The topological polar surface area (TPSA) is 83.7 Å². The first-order valence-corrected chi connectivity index (χ1v) is 10.2. The molecular weight excluding hydrogens is 350 g/mol. The Morgan fingerprint density at radius 2 is 2.12 bits per heavy atom. The number of sulfone groups is 1. The number of hydrogen-bond acceptors (Lipinski definition) is 4. The molecule has 7 heteroatoms. The highest BCUT2D eigenvalue weighted by molar-refractivity contribution is 7.90. The second-order valence-electron chi connectivity index (χ2n) is 5.96. The molecule has 0 aliphatic carbocycles. The van der Waals surface area contributed by atoms with Gasteiger partial charge in [-0.05, 0) is 36.2 Å². The fourth-order valence-electron chi connectivity index (χ4n) is 2.50. The third-order valence-electron chi connectivity index (χ3n) is 3.72. The molecule has 0 amide bonds. The maximum atomic E-state index is 11.7. The van der Waals surface area contributed by atoms with E-state index in [-0.39, 0.29) is 0 Å². The molecule has 0 saturated heterocycles. The number of aliphatic imine (C=N–C) groups is 1. The van der Waals surface area contributed by atoms with E-state index in [0.717, 1.165) is 23.3 Å². The van der Waals surface area contributed by atoms with Crippen molar-refractivity contribution in [3.8, 4) is 0 Å². The van der Waals surface area contributed by atoms with Gasteiger partial charge >= 0.3 is 0 Å². The lowest BCUT2D eigenvalue weighted by Crippen LogP contribution is -2.38. The predicted octanol–water partition coefficient (Wildman–Crippen LogP) is 2.46. The van der Waals surface area contributed by atoms with E-state index >= 15 is 0 Å². The van der Waals surface area contributed by atoms with Crippen LogP contribution in [0.4, 0.5) is 0 Å². The van der Waals surface area contributed by atoms with Crippen molar-refractivity contribution in [3.63, 3.8) is 0 Å². The van der Waals surface area contributed by atoms with Crippen molar-refractivity contribution in [1.82, 2.24) is 10.6 Å². The summed E-state index contributed by atoms with van der Waals surface area (Å²) in [7, 11) is -3.21. The van der Waals surface area contributed by atoms with Crippen LogP contribution < -0.4 is 10.6 Å². The van der Waals surface area contributed by atoms with Crippen LogP contribution in [0.15, 0.2) is 63.6 Å². The summed E-state index contributed by atoms with van der Waals surface area (Å²) in [6.07, 6.45) is 5.38. The summed E-state index contributed by atoms with van der Waals surface area (Å²) in [5, 5.41) is 6.41. The number of aryl methyl sites for hydroxylation is 1. The van der Waals surface area contributed by atoms with Crippen LogP contribution in [-0.2, 0) is 22.8 Å². The number of benzene rings is 1. The molecule has 1 heterocycles. The molecule has 1 aromatic carbocycles. The molecule has 26 heavy (non-hydrogen) atoms. The van der Waals surface area contributed by atoms with Crippen molar-refractivity contribution in [2.45, 2.75) is 24.8 Å². The average molecular weight is 375 g/mol. The summed E-state index contributed by atoms with van der Waals surface area (Å²) in [4.78, 5) is 4.90. The van der Waals surface area contributed by atoms with E-state index in [1.165, 1.54) is 6.26 Å². The van der Waals surface area contributed by atoms with Crippen molar-refractivity contribution in [3.05, 3.63) is 66.1 Å². The zero-order valence-electron chi connectivity index (χ0n) is 15.2. The molecule has 0 spiro atoms. The van der Waals surface area contributed by atoms with Gasteiger partial charge in [-0.2, -0.15) is 0 Å². The summed E-state index contributed by atoms with van der Waals surface area (Å²) >= 11 is 0. The number of nitrogens with one attached hydrogen (secondary N) is 2. The Hall–Kier alpha value is -2.54. The average Bonchev–Trinajstić information content (AvgIpc) is 3.09. The molecule has 0 aliphatic rings. The van der Waals surface area contributed by atoms with Gasteiger partial charge in [0.25, 0.3) is 0 Å². The summed E-state index contributed by atoms with van der Waals surface area (Å²) in [6, 6.07) is 9.08. The Bertz CT molecular complexity index is 856. The minimum absolute atomic E-state index is 0.354.